The molecule has 1 unspecified atom stereocenters. The summed E-state index contributed by atoms with van der Waals surface area (Å²) in [4.78, 5) is 8.72. The van der Waals surface area contributed by atoms with Crippen molar-refractivity contribution in [2.45, 2.75) is 32.7 Å². The molecule has 96 valence electrons. The maximum Gasteiger partial charge on any atom is 0.111 e. The van der Waals surface area contributed by atoms with Crippen LogP contribution in [0.3, 0.4) is 0 Å². The van der Waals surface area contributed by atoms with Crippen LogP contribution in [0.2, 0.25) is 5.02 Å². The fourth-order valence-electron chi connectivity index (χ4n) is 2.54. The first kappa shape index (κ1) is 12.2. The average molecular weight is 284 g/mol. The van der Waals surface area contributed by atoms with Gasteiger partial charge in [-0.3, -0.25) is 4.98 Å². The van der Waals surface area contributed by atoms with E-state index in [4.69, 9.17) is 23.2 Å². The summed E-state index contributed by atoms with van der Waals surface area (Å²) in [6.45, 7) is 4.53. The van der Waals surface area contributed by atoms with Crippen LogP contribution in [0.5, 0.6) is 0 Å². The first-order chi connectivity index (χ1) is 8.54. The zero-order valence-electron chi connectivity index (χ0n) is 10.5. The Labute approximate surface area is 116 Å². The van der Waals surface area contributed by atoms with Gasteiger partial charge in [0.15, 0.2) is 0 Å². The Hall–Kier alpha value is -0.800. The Morgan fingerprint density at radius 3 is 2.78 bits per heavy atom. The lowest BCUT2D eigenvalue weighted by molar-refractivity contribution is 0.537. The van der Waals surface area contributed by atoms with Crippen LogP contribution in [0.1, 0.15) is 32.1 Å². The Balaban J connectivity index is 2.22. The number of halogens is 2. The molecule has 2 aromatic heterocycles. The molecule has 0 bridgehead atoms. The largest absolute Gasteiger partial charge is 0.323 e. The van der Waals surface area contributed by atoms with Gasteiger partial charge >= 0.3 is 0 Å². The fraction of sp³-hybridized carbons (Fsp3) is 0.538. The molecule has 0 amide bonds. The number of fused-ring (bicyclic) bond motifs is 1. The first-order valence-corrected chi connectivity index (χ1v) is 7.02. The maximum atomic E-state index is 6.28. The van der Waals surface area contributed by atoms with Gasteiger partial charge in [-0.25, -0.2) is 4.98 Å². The number of pyridine rings is 1. The second-order valence-electron chi connectivity index (χ2n) is 5.53. The maximum absolute atomic E-state index is 6.28. The normalized spacial score (nSPS) is 21.4. The average Bonchev–Trinajstić information content (AvgIpc) is 2.77. The minimum Gasteiger partial charge on any atom is -0.323 e. The number of rotatable bonds is 3. The molecule has 1 atom stereocenters. The second kappa shape index (κ2) is 4.10. The molecule has 1 aliphatic rings. The van der Waals surface area contributed by atoms with Gasteiger partial charge in [0.2, 0.25) is 0 Å². The van der Waals surface area contributed by atoms with Crippen LogP contribution in [0.15, 0.2) is 12.4 Å². The first-order valence-electron chi connectivity index (χ1n) is 6.11. The van der Waals surface area contributed by atoms with Gasteiger partial charge in [0.25, 0.3) is 0 Å². The van der Waals surface area contributed by atoms with Crippen LogP contribution < -0.4 is 0 Å². The highest BCUT2D eigenvalue weighted by Crippen LogP contribution is 2.57. The van der Waals surface area contributed by atoms with Crippen LogP contribution in [-0.2, 0) is 6.42 Å². The van der Waals surface area contributed by atoms with E-state index in [9.17, 15) is 0 Å². The van der Waals surface area contributed by atoms with E-state index in [2.05, 4.69) is 28.4 Å². The van der Waals surface area contributed by atoms with Crippen LogP contribution in [0, 0.1) is 5.41 Å². The van der Waals surface area contributed by atoms with E-state index in [1.807, 2.05) is 0 Å². The fourth-order valence-corrected chi connectivity index (χ4v) is 2.95. The number of hydrogen-bond acceptors (Lipinski definition) is 2. The predicted octanol–water partition coefficient (Wildman–Crippen LogP) is 3.84. The molecule has 2 aromatic rings. The predicted molar refractivity (Wildman–Crippen MR) is 74.4 cm³/mol. The molecular weight excluding hydrogens is 269 g/mol. The molecule has 3 rings (SSSR count). The zero-order valence-corrected chi connectivity index (χ0v) is 12.0. The lowest BCUT2D eigenvalue weighted by atomic mass is 10.2. The summed E-state index contributed by atoms with van der Waals surface area (Å²) in [6, 6.07) is 0.473. The van der Waals surface area contributed by atoms with Crippen LogP contribution >= 0.6 is 23.2 Å². The van der Waals surface area contributed by atoms with Gasteiger partial charge in [-0.1, -0.05) is 25.4 Å². The Morgan fingerprint density at radius 2 is 2.17 bits per heavy atom. The van der Waals surface area contributed by atoms with Gasteiger partial charge in [-0.15, -0.1) is 11.6 Å². The van der Waals surface area contributed by atoms with Crippen molar-refractivity contribution in [1.29, 1.82) is 0 Å². The molecule has 1 aliphatic carbocycles. The van der Waals surface area contributed by atoms with E-state index in [1.54, 1.807) is 12.4 Å². The number of hydrogen-bond donors (Lipinski definition) is 0. The molecule has 1 saturated carbocycles. The van der Waals surface area contributed by atoms with E-state index in [0.717, 1.165) is 29.7 Å². The summed E-state index contributed by atoms with van der Waals surface area (Å²) in [5, 5.41) is 0.670. The third-order valence-corrected chi connectivity index (χ3v) is 4.18. The molecule has 0 spiro atoms. The molecule has 0 aromatic carbocycles. The highest BCUT2D eigenvalue weighted by molar-refractivity contribution is 6.34. The lowest BCUT2D eigenvalue weighted by Gasteiger charge is -2.11. The summed E-state index contributed by atoms with van der Waals surface area (Å²) < 4.78 is 2.27. The van der Waals surface area contributed by atoms with Gasteiger partial charge in [0.05, 0.1) is 16.7 Å². The molecule has 0 radical (unpaired) electrons. The quantitative estimate of drug-likeness (QED) is 0.802. The van der Waals surface area contributed by atoms with Crippen LogP contribution in [0.25, 0.3) is 11.0 Å². The van der Waals surface area contributed by atoms with E-state index >= 15 is 0 Å². The van der Waals surface area contributed by atoms with E-state index < -0.39 is 0 Å². The van der Waals surface area contributed by atoms with Gasteiger partial charge in [0, 0.05) is 24.5 Å². The van der Waals surface area contributed by atoms with Crippen molar-refractivity contribution in [1.82, 2.24) is 14.5 Å². The Morgan fingerprint density at radius 1 is 1.44 bits per heavy atom. The SMILES string of the molecule is CC1(C)CC1n1c(CCCl)nc2cncc(Cl)c21. The van der Waals surface area contributed by atoms with E-state index in [1.165, 1.54) is 0 Å². The van der Waals surface area contributed by atoms with Crippen molar-refractivity contribution in [3.63, 3.8) is 0 Å². The van der Waals surface area contributed by atoms with Gasteiger partial charge in [-0.2, -0.15) is 0 Å². The van der Waals surface area contributed by atoms with Gasteiger partial charge in [0.1, 0.15) is 11.3 Å². The summed E-state index contributed by atoms with van der Waals surface area (Å²) in [5.74, 6) is 1.59. The third kappa shape index (κ3) is 1.81. The number of alkyl halides is 1. The number of nitrogens with zero attached hydrogens (tertiary/aromatic N) is 3. The third-order valence-electron chi connectivity index (χ3n) is 3.71. The minimum atomic E-state index is 0.321. The van der Waals surface area contributed by atoms with Crippen molar-refractivity contribution < 1.29 is 0 Å². The molecular formula is C13H15Cl2N3. The molecule has 0 saturated heterocycles. The van der Waals surface area contributed by atoms with Crippen molar-refractivity contribution in [2.75, 3.05) is 5.88 Å². The summed E-state index contributed by atoms with van der Waals surface area (Å²) in [6.07, 6.45) is 5.37. The highest BCUT2D eigenvalue weighted by atomic mass is 35.5. The van der Waals surface area contributed by atoms with Gasteiger partial charge in [-0.05, 0) is 11.8 Å². The van der Waals surface area contributed by atoms with Crippen molar-refractivity contribution in [3.05, 3.63) is 23.2 Å². The molecule has 0 aliphatic heterocycles. The number of aryl methyl sites for hydroxylation is 1. The van der Waals surface area contributed by atoms with Crippen LogP contribution in [-0.4, -0.2) is 20.4 Å². The van der Waals surface area contributed by atoms with E-state index in [0.29, 0.717) is 22.4 Å². The Bertz CT molecular complexity index is 604. The molecule has 5 heteroatoms. The lowest BCUT2D eigenvalue weighted by Crippen LogP contribution is -2.06. The monoisotopic (exact) mass is 283 g/mol. The molecule has 2 heterocycles. The second-order valence-corrected chi connectivity index (χ2v) is 6.32. The topological polar surface area (TPSA) is 30.7 Å². The Kier molecular flexibility index (Phi) is 2.79. The molecule has 0 N–H and O–H groups in total. The number of aromatic nitrogens is 3. The van der Waals surface area contributed by atoms with Crippen LogP contribution in [0.4, 0.5) is 0 Å². The molecule has 1 fully saturated rings. The number of imidazole rings is 1. The van der Waals surface area contributed by atoms with Crippen molar-refractivity contribution >= 4 is 34.2 Å². The summed E-state index contributed by atoms with van der Waals surface area (Å²) >= 11 is 12.2. The van der Waals surface area contributed by atoms with E-state index in [-0.39, 0.29) is 0 Å². The minimum absolute atomic E-state index is 0.321. The van der Waals surface area contributed by atoms with Crippen molar-refractivity contribution in [3.8, 4) is 0 Å². The zero-order chi connectivity index (χ0) is 12.9. The summed E-state index contributed by atoms with van der Waals surface area (Å²) in [5.41, 5.74) is 2.19. The summed E-state index contributed by atoms with van der Waals surface area (Å²) in [7, 11) is 0. The molecule has 18 heavy (non-hydrogen) atoms. The van der Waals surface area contributed by atoms with Crippen molar-refractivity contribution in [2.24, 2.45) is 5.41 Å². The standard InChI is InChI=1S/C13H15Cl2N3/c1-13(2)5-10(13)18-11(3-4-14)17-9-7-16-6-8(15)12(9)18/h6-7,10H,3-5H2,1-2H3. The highest BCUT2D eigenvalue weighted by Gasteiger charge is 2.48. The smallest absolute Gasteiger partial charge is 0.111 e. The van der Waals surface area contributed by atoms with Gasteiger partial charge < -0.3 is 4.57 Å². The molecule has 3 nitrogen and oxygen atoms in total.